The van der Waals surface area contributed by atoms with Gasteiger partial charge in [-0.05, 0) is 51.2 Å². The second-order valence-electron chi connectivity index (χ2n) is 6.68. The quantitative estimate of drug-likeness (QED) is 0.893. The van der Waals surface area contributed by atoms with Gasteiger partial charge in [-0.2, -0.15) is 13.2 Å². The summed E-state index contributed by atoms with van der Waals surface area (Å²) >= 11 is 0. The lowest BCUT2D eigenvalue weighted by Crippen LogP contribution is -2.46. The fourth-order valence-corrected chi connectivity index (χ4v) is 2.80. The summed E-state index contributed by atoms with van der Waals surface area (Å²) in [6, 6.07) is 4.87. The fraction of sp³-hybridized carbons (Fsp3) is 0.588. The third-order valence-corrected chi connectivity index (χ3v) is 4.51. The van der Waals surface area contributed by atoms with Crippen LogP contribution >= 0.6 is 0 Å². The second-order valence-corrected chi connectivity index (χ2v) is 6.68. The minimum absolute atomic E-state index is 0.0315. The van der Waals surface area contributed by atoms with Crippen LogP contribution in [0.5, 0.6) is 0 Å². The van der Waals surface area contributed by atoms with Crippen molar-refractivity contribution >= 4 is 5.91 Å². The van der Waals surface area contributed by atoms with Crippen LogP contribution in [0.25, 0.3) is 0 Å². The van der Waals surface area contributed by atoms with E-state index in [9.17, 15) is 23.1 Å². The third-order valence-electron chi connectivity index (χ3n) is 4.51. The van der Waals surface area contributed by atoms with Gasteiger partial charge in [0.25, 0.3) is 0 Å². The zero-order valence-electron chi connectivity index (χ0n) is 13.3. The van der Waals surface area contributed by atoms with Gasteiger partial charge in [0.15, 0.2) is 0 Å². The Bertz CT molecular complexity index is 561. The molecule has 23 heavy (non-hydrogen) atoms. The van der Waals surface area contributed by atoms with Crippen molar-refractivity contribution in [3.8, 4) is 0 Å². The molecule has 0 bridgehead atoms. The molecule has 0 radical (unpaired) electrons. The zero-order chi connectivity index (χ0) is 17.3. The van der Waals surface area contributed by atoms with Crippen LogP contribution in [-0.4, -0.2) is 23.2 Å². The zero-order valence-corrected chi connectivity index (χ0v) is 13.3. The monoisotopic (exact) mass is 329 g/mol. The summed E-state index contributed by atoms with van der Waals surface area (Å²) in [7, 11) is 0. The standard InChI is InChI=1S/C17H22F3NO2/c1-16(2,11-4-3-5-12(10-11)17(18,19)20)15(23)21-13-6-8-14(22)9-7-13/h3-5,10,13-14,22H,6-9H2,1-2H3,(H,21,23). The first-order chi connectivity index (χ1) is 10.6. The molecule has 3 nitrogen and oxygen atoms in total. The largest absolute Gasteiger partial charge is 0.416 e. The van der Waals surface area contributed by atoms with Crippen molar-refractivity contribution in [2.75, 3.05) is 0 Å². The predicted octanol–water partition coefficient (Wildman–Crippen LogP) is 3.40. The van der Waals surface area contributed by atoms with E-state index >= 15 is 0 Å². The molecule has 1 aliphatic carbocycles. The number of rotatable bonds is 3. The number of carbonyl (C=O) groups is 1. The van der Waals surface area contributed by atoms with Gasteiger partial charge in [-0.1, -0.05) is 18.2 Å². The molecule has 0 spiro atoms. The van der Waals surface area contributed by atoms with E-state index in [1.165, 1.54) is 6.07 Å². The Morgan fingerprint density at radius 3 is 2.26 bits per heavy atom. The minimum Gasteiger partial charge on any atom is -0.393 e. The molecule has 0 aliphatic heterocycles. The SMILES string of the molecule is CC(C)(C(=O)NC1CCC(O)CC1)c1cccc(C(F)(F)F)c1. The van der Waals surface area contributed by atoms with Crippen molar-refractivity contribution in [1.82, 2.24) is 5.32 Å². The summed E-state index contributed by atoms with van der Waals surface area (Å²) in [5.74, 6) is -0.293. The Morgan fingerprint density at radius 1 is 1.13 bits per heavy atom. The highest BCUT2D eigenvalue weighted by molar-refractivity contribution is 5.87. The third kappa shape index (κ3) is 4.25. The van der Waals surface area contributed by atoms with E-state index in [4.69, 9.17) is 0 Å². The fourth-order valence-electron chi connectivity index (χ4n) is 2.80. The molecule has 1 aromatic rings. The molecule has 2 rings (SSSR count). The minimum atomic E-state index is -4.43. The van der Waals surface area contributed by atoms with Gasteiger partial charge in [-0.15, -0.1) is 0 Å². The highest BCUT2D eigenvalue weighted by atomic mass is 19.4. The molecular weight excluding hydrogens is 307 g/mol. The molecule has 128 valence electrons. The maximum Gasteiger partial charge on any atom is 0.416 e. The molecule has 1 saturated carbocycles. The summed E-state index contributed by atoms with van der Waals surface area (Å²) in [6.07, 6.45) is -2.11. The molecule has 0 saturated heterocycles. The van der Waals surface area contributed by atoms with Crippen molar-refractivity contribution in [3.63, 3.8) is 0 Å². The number of amides is 1. The highest BCUT2D eigenvalue weighted by Crippen LogP contribution is 2.33. The number of aliphatic hydroxyl groups is 1. The second kappa shape index (κ2) is 6.51. The number of aliphatic hydroxyl groups excluding tert-OH is 1. The lowest BCUT2D eigenvalue weighted by Gasteiger charge is -2.31. The lowest BCUT2D eigenvalue weighted by molar-refractivity contribution is -0.138. The molecular formula is C17H22F3NO2. The van der Waals surface area contributed by atoms with Gasteiger partial charge in [-0.25, -0.2) is 0 Å². The molecule has 0 unspecified atom stereocenters. The Morgan fingerprint density at radius 2 is 1.70 bits per heavy atom. The Balaban J connectivity index is 2.12. The molecule has 0 heterocycles. The van der Waals surface area contributed by atoms with Crippen LogP contribution in [-0.2, 0) is 16.4 Å². The van der Waals surface area contributed by atoms with Crippen LogP contribution in [0.4, 0.5) is 13.2 Å². The normalized spacial score (nSPS) is 22.7. The maximum absolute atomic E-state index is 12.8. The van der Waals surface area contributed by atoms with Crippen LogP contribution in [0.3, 0.4) is 0 Å². The first-order valence-electron chi connectivity index (χ1n) is 7.77. The number of carbonyl (C=O) groups excluding carboxylic acids is 1. The molecule has 6 heteroatoms. The Kier molecular flexibility index (Phi) is 5.04. The van der Waals surface area contributed by atoms with E-state index in [1.54, 1.807) is 19.9 Å². The van der Waals surface area contributed by atoms with E-state index < -0.39 is 17.2 Å². The van der Waals surface area contributed by atoms with Crippen LogP contribution in [0.2, 0.25) is 0 Å². The van der Waals surface area contributed by atoms with Crippen molar-refractivity contribution in [1.29, 1.82) is 0 Å². The predicted molar refractivity (Wildman–Crippen MR) is 80.9 cm³/mol. The van der Waals surface area contributed by atoms with Crippen molar-refractivity contribution in [3.05, 3.63) is 35.4 Å². The summed E-state index contributed by atoms with van der Waals surface area (Å²) in [4.78, 5) is 12.5. The average molecular weight is 329 g/mol. The lowest BCUT2D eigenvalue weighted by atomic mass is 9.82. The molecule has 1 fully saturated rings. The molecule has 1 aliphatic rings. The van der Waals surface area contributed by atoms with Crippen LogP contribution in [0.1, 0.15) is 50.7 Å². The number of hydrogen-bond donors (Lipinski definition) is 2. The molecule has 1 amide bonds. The molecule has 1 aromatic carbocycles. The summed E-state index contributed by atoms with van der Waals surface area (Å²) in [5, 5.41) is 12.4. The van der Waals surface area contributed by atoms with Crippen molar-refractivity contribution in [2.24, 2.45) is 0 Å². The summed E-state index contributed by atoms with van der Waals surface area (Å²) in [5.41, 5.74) is -1.48. The Hall–Kier alpha value is -1.56. The van der Waals surface area contributed by atoms with Crippen LogP contribution < -0.4 is 5.32 Å². The van der Waals surface area contributed by atoms with E-state index in [0.717, 1.165) is 12.1 Å². The first-order valence-corrected chi connectivity index (χ1v) is 7.77. The highest BCUT2D eigenvalue weighted by Gasteiger charge is 2.35. The van der Waals surface area contributed by atoms with Gasteiger partial charge in [0.1, 0.15) is 0 Å². The number of benzene rings is 1. The Labute approximate surface area is 133 Å². The number of hydrogen-bond acceptors (Lipinski definition) is 2. The van der Waals surface area contributed by atoms with Crippen molar-refractivity contribution in [2.45, 2.75) is 63.3 Å². The van der Waals surface area contributed by atoms with E-state index in [1.807, 2.05) is 0 Å². The van der Waals surface area contributed by atoms with Crippen LogP contribution in [0.15, 0.2) is 24.3 Å². The van der Waals surface area contributed by atoms with E-state index in [0.29, 0.717) is 31.2 Å². The van der Waals surface area contributed by atoms with Gasteiger partial charge in [0.05, 0.1) is 17.1 Å². The first kappa shape index (κ1) is 17.8. The van der Waals surface area contributed by atoms with Gasteiger partial charge in [0.2, 0.25) is 5.91 Å². The number of nitrogens with one attached hydrogen (secondary N) is 1. The molecule has 0 aromatic heterocycles. The van der Waals surface area contributed by atoms with Gasteiger partial charge >= 0.3 is 6.18 Å². The summed E-state index contributed by atoms with van der Waals surface area (Å²) < 4.78 is 38.5. The molecule has 2 N–H and O–H groups in total. The van der Waals surface area contributed by atoms with Crippen LogP contribution in [0, 0.1) is 0 Å². The summed E-state index contributed by atoms with van der Waals surface area (Å²) in [6.45, 7) is 3.24. The smallest absolute Gasteiger partial charge is 0.393 e. The molecule has 0 atom stereocenters. The van der Waals surface area contributed by atoms with E-state index in [-0.39, 0.29) is 18.1 Å². The van der Waals surface area contributed by atoms with Crippen molar-refractivity contribution < 1.29 is 23.1 Å². The topological polar surface area (TPSA) is 49.3 Å². The van der Waals surface area contributed by atoms with Gasteiger partial charge in [0, 0.05) is 6.04 Å². The van der Waals surface area contributed by atoms with Gasteiger partial charge < -0.3 is 10.4 Å². The van der Waals surface area contributed by atoms with Gasteiger partial charge in [-0.3, -0.25) is 4.79 Å². The van der Waals surface area contributed by atoms with E-state index in [2.05, 4.69) is 5.32 Å². The number of alkyl halides is 3. The maximum atomic E-state index is 12.8. The number of halogens is 3. The average Bonchev–Trinajstić information content (AvgIpc) is 2.49.